The van der Waals surface area contributed by atoms with E-state index in [-0.39, 0.29) is 50.4 Å². The van der Waals surface area contributed by atoms with Crippen LogP contribution in [0, 0.1) is 30.3 Å². The zero-order valence-corrected chi connectivity index (χ0v) is 33.9. The van der Waals surface area contributed by atoms with Crippen LogP contribution in [0.2, 0.25) is 0 Å². The predicted octanol–water partition coefficient (Wildman–Crippen LogP) is 7.62. The topological polar surface area (TPSA) is 146 Å². The highest BCUT2D eigenvalue weighted by Gasteiger charge is 2.68. The van der Waals surface area contributed by atoms with Crippen LogP contribution in [0.4, 0.5) is 40.9 Å². The number of aromatic nitrogens is 6. The minimum absolute atomic E-state index is 0.0258. The van der Waals surface area contributed by atoms with Crippen molar-refractivity contribution in [2.75, 3.05) is 11.0 Å². The van der Waals surface area contributed by atoms with E-state index in [1.54, 1.807) is 13.0 Å². The fourth-order valence-corrected chi connectivity index (χ4v) is 9.87. The summed E-state index contributed by atoms with van der Waals surface area (Å²) in [5.74, 6) is -10.3. The fraction of sp³-hybridized carbons (Fsp3) is 0.275. The number of hydrogen-bond donors (Lipinski definition) is 2. The number of carbonyl (C=O) groups excluding carboxylic acids is 1. The highest BCUT2D eigenvalue weighted by atomic mass is 32.2. The second-order valence-electron chi connectivity index (χ2n) is 15.4. The van der Waals surface area contributed by atoms with Gasteiger partial charge in [0.05, 0.1) is 34.3 Å². The molecule has 0 aliphatic heterocycles. The van der Waals surface area contributed by atoms with E-state index >= 15 is 8.78 Å². The van der Waals surface area contributed by atoms with E-state index in [0.29, 0.717) is 26.8 Å². The van der Waals surface area contributed by atoms with Gasteiger partial charge in [0.1, 0.15) is 40.3 Å². The average Bonchev–Trinajstić information content (AvgIpc) is 3.40. The van der Waals surface area contributed by atoms with E-state index in [0.717, 1.165) is 34.3 Å². The molecule has 322 valence electrons. The number of alkyl halides is 5. The zero-order valence-electron chi connectivity index (χ0n) is 32.3. The van der Waals surface area contributed by atoms with Gasteiger partial charge in [-0.15, -0.1) is 11.3 Å². The molecule has 4 aromatic heterocycles. The minimum atomic E-state index is -5.12. The van der Waals surface area contributed by atoms with Crippen molar-refractivity contribution in [1.82, 2.24) is 34.4 Å². The summed E-state index contributed by atoms with van der Waals surface area (Å²) in [6.45, 7) is 0.504. The Balaban J connectivity index is 1.25. The molecule has 0 bridgehead atoms. The van der Waals surface area contributed by atoms with Gasteiger partial charge >= 0.3 is 6.18 Å². The smallest absolute Gasteiger partial charge is 0.344 e. The van der Waals surface area contributed by atoms with E-state index in [9.17, 15) is 44.3 Å². The Morgan fingerprint density at radius 3 is 2.35 bits per heavy atom. The molecule has 2 aliphatic rings. The molecule has 1 fully saturated rings. The molecular weight excluding hydrogens is 873 g/mol. The van der Waals surface area contributed by atoms with Gasteiger partial charge in [0.25, 0.3) is 11.5 Å². The highest BCUT2D eigenvalue weighted by Crippen LogP contribution is 2.68. The molecule has 2 N–H and O–H groups in total. The van der Waals surface area contributed by atoms with Crippen LogP contribution in [0.3, 0.4) is 0 Å². The molecule has 1 saturated carbocycles. The number of aryl methyl sites for hydroxylation is 2. The molecule has 0 radical (unpaired) electrons. The average molecular weight is 903 g/mol. The van der Waals surface area contributed by atoms with Crippen LogP contribution in [0.1, 0.15) is 52.3 Å². The van der Waals surface area contributed by atoms with Crippen LogP contribution in [-0.2, 0) is 46.9 Å². The summed E-state index contributed by atoms with van der Waals surface area (Å²) in [5, 5.41) is 10.6. The Labute approximate surface area is 348 Å². The number of anilines is 1. The Kier molecular flexibility index (Phi) is 9.43. The first-order valence-electron chi connectivity index (χ1n) is 18.7. The number of rotatable bonds is 10. The standard InChI is InChI=1S/C40H30F8N8O4S2/c1-17-4-9-27(32-30(17)35(52-54(32)2)53-62(3,59)60)56-36(50-37-24(38(56)58)15-28(61-37)19-5-7-20(41)8-6-19)26(12-18-10-21(42)13-22(43)11-18)49-29(57)16-55-34-31(33(51-55)40(46,47)48)23-14-25(23)39(34,44)45/h4-11,13,15,23,25-26H,12,14,16H2,1-3H3,(H,49,57)(H,52,53)/t23-,25+,26-/m0/s1. The summed E-state index contributed by atoms with van der Waals surface area (Å²) in [6.07, 6.45) is -4.90. The number of amides is 1. The summed E-state index contributed by atoms with van der Waals surface area (Å²) >= 11 is 1.00. The first kappa shape index (κ1) is 41.2. The maximum atomic E-state index is 15.5. The van der Waals surface area contributed by atoms with Crippen LogP contribution in [0.5, 0.6) is 0 Å². The number of thiophene rings is 1. The lowest BCUT2D eigenvalue weighted by Gasteiger charge is -2.24. The third-order valence-corrected chi connectivity index (χ3v) is 12.6. The van der Waals surface area contributed by atoms with Gasteiger partial charge < -0.3 is 5.32 Å². The highest BCUT2D eigenvalue weighted by molar-refractivity contribution is 7.92. The molecule has 62 heavy (non-hydrogen) atoms. The number of hydrogen-bond acceptors (Lipinski definition) is 8. The van der Waals surface area contributed by atoms with Crippen molar-refractivity contribution in [1.29, 1.82) is 0 Å². The maximum absolute atomic E-state index is 15.5. The number of halogens is 8. The molecule has 2 aliphatic carbocycles. The molecule has 12 nitrogen and oxygen atoms in total. The van der Waals surface area contributed by atoms with Crippen LogP contribution in [-0.4, -0.2) is 49.7 Å². The van der Waals surface area contributed by atoms with Gasteiger partial charge in [-0.3, -0.25) is 28.2 Å². The van der Waals surface area contributed by atoms with Crippen molar-refractivity contribution >= 4 is 54.2 Å². The maximum Gasteiger partial charge on any atom is 0.435 e. The normalized spacial score (nSPS) is 17.3. The van der Waals surface area contributed by atoms with Crippen molar-refractivity contribution in [3.63, 3.8) is 0 Å². The second-order valence-corrected chi connectivity index (χ2v) is 18.1. The third kappa shape index (κ3) is 7.07. The van der Waals surface area contributed by atoms with Crippen LogP contribution in [0.15, 0.2) is 65.5 Å². The van der Waals surface area contributed by atoms with E-state index in [1.807, 2.05) is 0 Å². The molecule has 9 rings (SSSR count). The van der Waals surface area contributed by atoms with E-state index in [1.165, 1.54) is 48.1 Å². The molecule has 4 heterocycles. The molecule has 1 amide bonds. The molecule has 0 spiro atoms. The van der Waals surface area contributed by atoms with Gasteiger partial charge in [0.2, 0.25) is 15.9 Å². The first-order valence-corrected chi connectivity index (χ1v) is 21.4. The number of nitrogens with zero attached hydrogens (tertiary/aromatic N) is 6. The Morgan fingerprint density at radius 1 is 1.00 bits per heavy atom. The summed E-state index contributed by atoms with van der Waals surface area (Å²) in [4.78, 5) is 34.4. The van der Waals surface area contributed by atoms with Gasteiger partial charge in [-0.05, 0) is 72.4 Å². The van der Waals surface area contributed by atoms with Gasteiger partial charge in [-0.2, -0.15) is 32.1 Å². The van der Waals surface area contributed by atoms with Crippen molar-refractivity contribution in [3.05, 3.63) is 122 Å². The molecular formula is C40H30F8N8O4S2. The van der Waals surface area contributed by atoms with Gasteiger partial charge in [-0.25, -0.2) is 26.6 Å². The lowest BCUT2D eigenvalue weighted by Crippen LogP contribution is -2.38. The van der Waals surface area contributed by atoms with Crippen LogP contribution in [0.25, 0.3) is 37.2 Å². The third-order valence-electron chi connectivity index (χ3n) is 10.9. The van der Waals surface area contributed by atoms with Gasteiger partial charge in [-0.1, -0.05) is 18.2 Å². The monoisotopic (exact) mass is 902 g/mol. The summed E-state index contributed by atoms with van der Waals surface area (Å²) in [7, 11) is -2.42. The molecule has 7 aromatic rings. The first-order chi connectivity index (χ1) is 29.1. The van der Waals surface area contributed by atoms with E-state index in [4.69, 9.17) is 4.98 Å². The number of nitrogens with one attached hydrogen (secondary N) is 2. The van der Waals surface area contributed by atoms with Crippen LogP contribution < -0.4 is 15.6 Å². The van der Waals surface area contributed by atoms with Gasteiger partial charge in [0, 0.05) is 35.9 Å². The second kappa shape index (κ2) is 14.2. The Hall–Kier alpha value is -6.16. The molecule has 22 heteroatoms. The van der Waals surface area contributed by atoms with Crippen molar-refractivity contribution in [2.24, 2.45) is 13.0 Å². The SMILES string of the molecule is Cc1ccc(-n2c([C@H](Cc3cc(F)cc(F)c3)NC(=O)Cn3nc(C(F)(F)F)c4c3C(F)(F)[C@@H]3C[C@H]43)nc3sc(-c4ccc(F)cc4)cc3c2=O)c2c1c(NS(C)(=O)=O)nn2C. The molecule has 0 saturated heterocycles. The molecule has 3 aromatic carbocycles. The van der Waals surface area contributed by atoms with Crippen molar-refractivity contribution < 1.29 is 48.3 Å². The number of fused-ring (bicyclic) bond motifs is 5. The predicted molar refractivity (Wildman–Crippen MR) is 211 cm³/mol. The quantitative estimate of drug-likeness (QED) is 0.134. The number of sulfonamides is 1. The lowest BCUT2D eigenvalue weighted by atomic mass is 10.0. The largest absolute Gasteiger partial charge is 0.435 e. The Morgan fingerprint density at radius 2 is 1.69 bits per heavy atom. The zero-order chi connectivity index (χ0) is 44.4. The van der Waals surface area contributed by atoms with Gasteiger partial charge in [0.15, 0.2) is 11.5 Å². The van der Waals surface area contributed by atoms with Crippen LogP contribution >= 0.6 is 11.3 Å². The van der Waals surface area contributed by atoms with E-state index < -0.39 is 98.8 Å². The lowest BCUT2D eigenvalue weighted by molar-refractivity contribution is -0.142. The van der Waals surface area contributed by atoms with Crippen molar-refractivity contribution in [2.45, 2.75) is 50.4 Å². The van der Waals surface area contributed by atoms with E-state index in [2.05, 4.69) is 20.2 Å². The minimum Gasteiger partial charge on any atom is -0.344 e. The van der Waals surface area contributed by atoms with Crippen molar-refractivity contribution in [3.8, 4) is 16.1 Å². The Bertz CT molecular complexity index is 3170. The molecule has 3 atom stereocenters. The number of carbonyl (C=O) groups is 1. The fourth-order valence-electron chi connectivity index (χ4n) is 8.34. The summed E-state index contributed by atoms with van der Waals surface area (Å²) in [6, 6.07) is 10.8. The summed E-state index contributed by atoms with van der Waals surface area (Å²) in [5.41, 5.74) is -2.84. The molecule has 0 unspecified atom stereocenters. The summed E-state index contributed by atoms with van der Waals surface area (Å²) < 4.78 is 147. The number of benzene rings is 3.